The Bertz CT molecular complexity index is 1790. The van der Waals surface area contributed by atoms with Gasteiger partial charge in [0.25, 0.3) is 0 Å². The molecule has 0 spiro atoms. The first-order valence-electron chi connectivity index (χ1n) is 14.2. The molecule has 7 heteroatoms. The highest BCUT2D eigenvalue weighted by atomic mass is 19.4. The quantitative estimate of drug-likeness (QED) is 0.150. The minimum atomic E-state index is -5.33. The summed E-state index contributed by atoms with van der Waals surface area (Å²) in [6.45, 7) is 6.55. The lowest BCUT2D eigenvalue weighted by Crippen LogP contribution is -2.51. The van der Waals surface area contributed by atoms with Crippen molar-refractivity contribution >= 4 is 32.3 Å². The van der Waals surface area contributed by atoms with E-state index in [0.717, 1.165) is 43.8 Å². The molecule has 1 heterocycles. The van der Waals surface area contributed by atoms with Crippen LogP contribution in [-0.2, 0) is 5.41 Å². The van der Waals surface area contributed by atoms with Gasteiger partial charge >= 0.3 is 12.4 Å². The second kappa shape index (κ2) is 9.72. The monoisotopic (exact) mass is 579 g/mol. The van der Waals surface area contributed by atoms with Gasteiger partial charge in [-0.25, -0.2) is 0 Å². The number of hydrogen-bond acceptors (Lipinski definition) is 1. The van der Waals surface area contributed by atoms with Crippen molar-refractivity contribution in [2.75, 3.05) is 0 Å². The summed E-state index contributed by atoms with van der Waals surface area (Å²) in [5.74, 6) is -0.389. The van der Waals surface area contributed by atoms with Gasteiger partial charge in [0.15, 0.2) is 5.41 Å². The first-order valence-corrected chi connectivity index (χ1v) is 14.2. The second-order valence-electron chi connectivity index (χ2n) is 12.6. The van der Waals surface area contributed by atoms with Crippen LogP contribution in [0.1, 0.15) is 63.5 Å². The van der Waals surface area contributed by atoms with Crippen molar-refractivity contribution in [1.82, 2.24) is 4.98 Å². The molecule has 0 aliphatic heterocycles. The number of hydrogen-bond donors (Lipinski definition) is 0. The van der Waals surface area contributed by atoms with Crippen molar-refractivity contribution in [3.63, 3.8) is 0 Å². The highest BCUT2D eigenvalue weighted by Crippen LogP contribution is 2.60. The minimum absolute atomic E-state index is 0.0996. The van der Waals surface area contributed by atoms with Crippen molar-refractivity contribution in [1.29, 1.82) is 0 Å². The van der Waals surface area contributed by atoms with E-state index < -0.39 is 30.6 Å². The van der Waals surface area contributed by atoms with Crippen LogP contribution in [0.15, 0.2) is 79.0 Å². The largest absolute Gasteiger partial charge is 0.403 e. The SMILES string of the molecule is CC(C)(C)c1cc(-c2nccc3c2ccc2c(C4CCC(C(F)(F)F)(C(F)(F)F)CC4)cccc23)cc2ccccc12. The van der Waals surface area contributed by atoms with E-state index in [1.54, 1.807) is 6.20 Å². The van der Waals surface area contributed by atoms with Crippen molar-refractivity contribution in [2.45, 2.75) is 70.1 Å². The second-order valence-corrected chi connectivity index (χ2v) is 12.6. The van der Waals surface area contributed by atoms with Gasteiger partial charge in [0.2, 0.25) is 0 Å². The molecular weight excluding hydrogens is 548 g/mol. The molecule has 0 saturated heterocycles. The third-order valence-electron chi connectivity index (χ3n) is 9.14. The molecule has 218 valence electrons. The van der Waals surface area contributed by atoms with Gasteiger partial charge in [0.1, 0.15) is 0 Å². The zero-order valence-corrected chi connectivity index (χ0v) is 23.6. The predicted octanol–water partition coefficient (Wildman–Crippen LogP) is 11.3. The lowest BCUT2D eigenvalue weighted by Gasteiger charge is -2.42. The van der Waals surface area contributed by atoms with Gasteiger partial charge in [0, 0.05) is 17.1 Å². The number of nitrogens with zero attached hydrogens (tertiary/aromatic N) is 1. The lowest BCUT2D eigenvalue weighted by atomic mass is 9.67. The first-order chi connectivity index (χ1) is 19.7. The Kier molecular flexibility index (Phi) is 6.59. The summed E-state index contributed by atoms with van der Waals surface area (Å²) in [4.78, 5) is 4.78. The van der Waals surface area contributed by atoms with Crippen LogP contribution in [-0.4, -0.2) is 17.3 Å². The van der Waals surface area contributed by atoms with Crippen LogP contribution in [0.4, 0.5) is 26.3 Å². The number of benzene rings is 4. The Morgan fingerprint density at radius 3 is 1.95 bits per heavy atom. The average molecular weight is 580 g/mol. The third kappa shape index (κ3) is 4.52. The summed E-state index contributed by atoms with van der Waals surface area (Å²) in [5, 5.41) is 5.96. The van der Waals surface area contributed by atoms with E-state index in [-0.39, 0.29) is 24.2 Å². The van der Waals surface area contributed by atoms with E-state index >= 15 is 0 Å². The van der Waals surface area contributed by atoms with Gasteiger partial charge in [-0.1, -0.05) is 75.4 Å². The highest BCUT2D eigenvalue weighted by molar-refractivity contribution is 6.12. The number of rotatable bonds is 2. The van der Waals surface area contributed by atoms with Crippen molar-refractivity contribution < 1.29 is 26.3 Å². The van der Waals surface area contributed by atoms with E-state index in [1.165, 1.54) is 10.9 Å². The number of fused-ring (bicyclic) bond motifs is 4. The Morgan fingerprint density at radius 1 is 0.667 bits per heavy atom. The molecular formula is C35H31F6N. The molecule has 0 bridgehead atoms. The molecule has 5 aromatic rings. The summed E-state index contributed by atoms with van der Waals surface area (Å²) in [6, 6.07) is 24.1. The molecule has 0 amide bonds. The summed E-state index contributed by atoms with van der Waals surface area (Å²) in [5.41, 5.74) is 0.0871. The molecule has 0 atom stereocenters. The molecule has 1 saturated carbocycles. The standard InChI is InChI=1S/C35H31F6N/c1-32(2,3)30-20-23(19-22-7-4-5-8-25(22)30)31-29-12-11-27-24(9-6-10-26(27)28(29)15-18-42-31)21-13-16-33(17-14-21,34(36,37)38)35(39,40)41/h4-12,15,18-21H,13-14,16-17H2,1-3H3. The maximum absolute atomic E-state index is 13.7. The molecule has 42 heavy (non-hydrogen) atoms. The van der Waals surface area contributed by atoms with Gasteiger partial charge in [-0.2, -0.15) is 26.3 Å². The Balaban J connectivity index is 1.45. The number of alkyl halides is 6. The predicted molar refractivity (Wildman–Crippen MR) is 157 cm³/mol. The molecule has 1 fully saturated rings. The number of pyridine rings is 1. The zero-order valence-electron chi connectivity index (χ0n) is 23.6. The summed E-state index contributed by atoms with van der Waals surface area (Å²) in [6.07, 6.45) is -11.2. The van der Waals surface area contributed by atoms with E-state index in [2.05, 4.69) is 45.0 Å². The van der Waals surface area contributed by atoms with Crippen LogP contribution < -0.4 is 0 Å². The topological polar surface area (TPSA) is 12.9 Å². The van der Waals surface area contributed by atoms with Crippen LogP contribution in [0, 0.1) is 5.41 Å². The maximum atomic E-state index is 13.7. The Labute approximate surface area is 240 Å². The van der Waals surface area contributed by atoms with Crippen molar-refractivity contribution in [3.05, 3.63) is 90.1 Å². The summed E-state index contributed by atoms with van der Waals surface area (Å²) in [7, 11) is 0. The molecule has 0 N–H and O–H groups in total. The molecule has 1 nitrogen and oxygen atoms in total. The fourth-order valence-electron chi connectivity index (χ4n) is 6.85. The van der Waals surface area contributed by atoms with Gasteiger partial charge in [-0.15, -0.1) is 0 Å². The molecule has 1 aliphatic rings. The van der Waals surface area contributed by atoms with Crippen LogP contribution in [0.2, 0.25) is 0 Å². The molecule has 6 rings (SSSR count). The van der Waals surface area contributed by atoms with E-state index in [0.29, 0.717) is 0 Å². The highest BCUT2D eigenvalue weighted by Gasteiger charge is 2.70. The average Bonchev–Trinajstić information content (AvgIpc) is 2.94. The molecule has 4 aromatic carbocycles. The van der Waals surface area contributed by atoms with Gasteiger partial charge in [-0.05, 0) is 93.3 Å². The van der Waals surface area contributed by atoms with E-state index in [9.17, 15) is 26.3 Å². The number of halogens is 6. The molecule has 0 radical (unpaired) electrons. The molecule has 0 unspecified atom stereocenters. The van der Waals surface area contributed by atoms with Gasteiger partial charge in [0.05, 0.1) is 5.69 Å². The normalized spacial score (nSPS) is 16.9. The van der Waals surface area contributed by atoms with Crippen LogP contribution in [0.25, 0.3) is 43.6 Å². The minimum Gasteiger partial charge on any atom is -0.256 e. The smallest absolute Gasteiger partial charge is 0.256 e. The van der Waals surface area contributed by atoms with E-state index in [4.69, 9.17) is 4.98 Å². The lowest BCUT2D eigenvalue weighted by molar-refractivity contribution is -0.350. The maximum Gasteiger partial charge on any atom is 0.403 e. The first kappa shape index (κ1) is 28.5. The van der Waals surface area contributed by atoms with Gasteiger partial charge in [-0.3, -0.25) is 4.98 Å². The summed E-state index contributed by atoms with van der Waals surface area (Å²) >= 11 is 0. The molecule has 1 aromatic heterocycles. The van der Waals surface area contributed by atoms with Crippen LogP contribution >= 0.6 is 0 Å². The molecule has 1 aliphatic carbocycles. The van der Waals surface area contributed by atoms with Crippen molar-refractivity contribution in [2.24, 2.45) is 5.41 Å². The Morgan fingerprint density at radius 2 is 1.29 bits per heavy atom. The fourth-order valence-corrected chi connectivity index (χ4v) is 6.85. The van der Waals surface area contributed by atoms with Gasteiger partial charge < -0.3 is 0 Å². The summed E-state index contributed by atoms with van der Waals surface area (Å²) < 4.78 is 82.1. The van der Waals surface area contributed by atoms with Crippen LogP contribution in [0.3, 0.4) is 0 Å². The number of aromatic nitrogens is 1. The van der Waals surface area contributed by atoms with E-state index in [1.807, 2.05) is 48.5 Å². The Hall–Kier alpha value is -3.61. The van der Waals surface area contributed by atoms with Crippen LogP contribution in [0.5, 0.6) is 0 Å². The fraction of sp³-hybridized carbons (Fsp3) is 0.343. The van der Waals surface area contributed by atoms with Crippen molar-refractivity contribution in [3.8, 4) is 11.3 Å². The zero-order chi connectivity index (χ0) is 30.1. The third-order valence-corrected chi connectivity index (χ3v) is 9.14.